The molecule has 0 radical (unpaired) electrons. The van der Waals surface area contributed by atoms with Gasteiger partial charge in [-0.3, -0.25) is 4.79 Å². The van der Waals surface area contributed by atoms with Crippen molar-refractivity contribution in [3.05, 3.63) is 80.8 Å². The number of rotatable bonds is 10. The number of benzene rings is 2. The van der Waals surface area contributed by atoms with E-state index in [-0.39, 0.29) is 19.0 Å². The Balaban J connectivity index is 2.23. The molecule has 0 saturated heterocycles. The van der Waals surface area contributed by atoms with Gasteiger partial charge in [-0.2, -0.15) is 5.10 Å². The molecule has 3 aromatic rings. The molecule has 170 valence electrons. The lowest BCUT2D eigenvalue weighted by Crippen LogP contribution is -2.25. The minimum atomic E-state index is -0.184. The van der Waals surface area contributed by atoms with Gasteiger partial charge in [0.1, 0.15) is 19.1 Å². The highest BCUT2D eigenvalue weighted by Crippen LogP contribution is 2.36. The molecule has 3 rings (SSSR count). The SMILES string of the molecule is CCc1cc(C)cc(CC)c1-c1c(OCc2ccccc2)c(COCOC)nn(C)c1=O. The van der Waals surface area contributed by atoms with Crippen molar-refractivity contribution in [3.63, 3.8) is 0 Å². The number of hydrogen-bond donors (Lipinski definition) is 0. The Hall–Kier alpha value is -2.96. The summed E-state index contributed by atoms with van der Waals surface area (Å²) in [5, 5.41) is 4.47. The summed E-state index contributed by atoms with van der Waals surface area (Å²) in [5.41, 5.74) is 6.32. The van der Waals surface area contributed by atoms with Crippen molar-refractivity contribution in [1.29, 1.82) is 0 Å². The van der Waals surface area contributed by atoms with Crippen LogP contribution in [0.15, 0.2) is 47.3 Å². The fourth-order valence-electron chi connectivity index (χ4n) is 3.92. The summed E-state index contributed by atoms with van der Waals surface area (Å²) in [4.78, 5) is 13.5. The van der Waals surface area contributed by atoms with Gasteiger partial charge in [-0.25, -0.2) is 4.68 Å². The zero-order chi connectivity index (χ0) is 23.1. The highest BCUT2D eigenvalue weighted by atomic mass is 16.7. The lowest BCUT2D eigenvalue weighted by molar-refractivity contribution is -0.0411. The van der Waals surface area contributed by atoms with Crippen molar-refractivity contribution in [2.24, 2.45) is 7.05 Å². The third-order valence-electron chi connectivity index (χ3n) is 5.39. The van der Waals surface area contributed by atoms with E-state index in [1.807, 2.05) is 30.3 Å². The first-order chi connectivity index (χ1) is 15.5. The van der Waals surface area contributed by atoms with E-state index in [4.69, 9.17) is 14.2 Å². The number of ether oxygens (including phenoxy) is 3. The van der Waals surface area contributed by atoms with E-state index in [0.717, 1.165) is 35.1 Å². The van der Waals surface area contributed by atoms with Gasteiger partial charge >= 0.3 is 0 Å². The van der Waals surface area contributed by atoms with Crippen molar-refractivity contribution in [3.8, 4) is 16.9 Å². The highest BCUT2D eigenvalue weighted by molar-refractivity contribution is 5.77. The van der Waals surface area contributed by atoms with Gasteiger partial charge in [-0.05, 0) is 42.0 Å². The maximum absolute atomic E-state index is 13.5. The molecule has 1 heterocycles. The number of methoxy groups -OCH3 is 1. The fraction of sp³-hybridized carbons (Fsp3) is 0.385. The molecule has 2 aromatic carbocycles. The zero-order valence-electron chi connectivity index (χ0n) is 19.6. The van der Waals surface area contributed by atoms with Crippen LogP contribution in [0.2, 0.25) is 0 Å². The first kappa shape index (κ1) is 23.7. The second-order valence-electron chi connectivity index (χ2n) is 7.77. The Kier molecular flexibility index (Phi) is 8.20. The van der Waals surface area contributed by atoms with E-state index in [0.29, 0.717) is 23.6 Å². The molecule has 0 amide bonds. The predicted octanol–water partition coefficient (Wildman–Crippen LogP) is 4.58. The van der Waals surface area contributed by atoms with Crippen LogP contribution in [0.5, 0.6) is 5.75 Å². The van der Waals surface area contributed by atoms with Crippen LogP contribution in [0.25, 0.3) is 11.1 Å². The van der Waals surface area contributed by atoms with E-state index >= 15 is 0 Å². The molecule has 0 N–H and O–H groups in total. The normalized spacial score (nSPS) is 11.0. The molecule has 0 atom stereocenters. The first-order valence-corrected chi connectivity index (χ1v) is 11.0. The largest absolute Gasteiger partial charge is 0.486 e. The number of nitrogens with zero attached hydrogens (tertiary/aromatic N) is 2. The molecule has 0 unspecified atom stereocenters. The van der Waals surface area contributed by atoms with Crippen molar-refractivity contribution < 1.29 is 14.2 Å². The molecule has 0 aliphatic rings. The average Bonchev–Trinajstić information content (AvgIpc) is 2.80. The number of aromatic nitrogens is 2. The Morgan fingerprint density at radius 3 is 2.22 bits per heavy atom. The Morgan fingerprint density at radius 2 is 1.62 bits per heavy atom. The lowest BCUT2D eigenvalue weighted by atomic mass is 9.90. The molecule has 6 heteroatoms. The van der Waals surface area contributed by atoms with Gasteiger partial charge in [0.15, 0.2) is 5.75 Å². The highest BCUT2D eigenvalue weighted by Gasteiger charge is 2.24. The van der Waals surface area contributed by atoms with E-state index in [2.05, 4.69) is 38.0 Å². The summed E-state index contributed by atoms with van der Waals surface area (Å²) in [5.74, 6) is 0.473. The van der Waals surface area contributed by atoms with Crippen molar-refractivity contribution in [2.75, 3.05) is 13.9 Å². The Labute approximate surface area is 189 Å². The molecule has 0 aliphatic carbocycles. The molecule has 6 nitrogen and oxygen atoms in total. The lowest BCUT2D eigenvalue weighted by Gasteiger charge is -2.20. The fourth-order valence-corrected chi connectivity index (χ4v) is 3.92. The molecule has 0 fully saturated rings. The summed E-state index contributed by atoms with van der Waals surface area (Å²) < 4.78 is 18.3. The Morgan fingerprint density at radius 1 is 0.969 bits per heavy atom. The van der Waals surface area contributed by atoms with E-state index < -0.39 is 0 Å². The van der Waals surface area contributed by atoms with Crippen LogP contribution < -0.4 is 10.3 Å². The van der Waals surface area contributed by atoms with Gasteiger partial charge < -0.3 is 14.2 Å². The van der Waals surface area contributed by atoms with Crippen LogP contribution in [0.1, 0.15) is 41.8 Å². The molecular weight excluding hydrogens is 404 g/mol. The minimum Gasteiger partial charge on any atom is -0.486 e. The van der Waals surface area contributed by atoms with Crippen molar-refractivity contribution in [1.82, 2.24) is 9.78 Å². The van der Waals surface area contributed by atoms with Gasteiger partial charge in [0, 0.05) is 14.2 Å². The predicted molar refractivity (Wildman–Crippen MR) is 126 cm³/mol. The molecular formula is C26H32N2O4. The molecule has 32 heavy (non-hydrogen) atoms. The van der Waals surface area contributed by atoms with Gasteiger partial charge in [0.25, 0.3) is 5.56 Å². The third kappa shape index (κ3) is 5.26. The summed E-state index contributed by atoms with van der Waals surface area (Å²) in [6, 6.07) is 14.2. The van der Waals surface area contributed by atoms with E-state index in [1.165, 1.54) is 10.2 Å². The van der Waals surface area contributed by atoms with Gasteiger partial charge in [0.05, 0.1) is 12.2 Å². The van der Waals surface area contributed by atoms with Crippen LogP contribution in [0.3, 0.4) is 0 Å². The molecule has 0 bridgehead atoms. The molecule has 0 aliphatic heterocycles. The van der Waals surface area contributed by atoms with Crippen LogP contribution in [-0.2, 0) is 42.6 Å². The maximum atomic E-state index is 13.5. The smallest absolute Gasteiger partial charge is 0.278 e. The van der Waals surface area contributed by atoms with E-state index in [1.54, 1.807) is 14.2 Å². The summed E-state index contributed by atoms with van der Waals surface area (Å²) >= 11 is 0. The molecule has 0 saturated carbocycles. The van der Waals surface area contributed by atoms with Crippen LogP contribution in [-0.4, -0.2) is 23.7 Å². The number of hydrogen-bond acceptors (Lipinski definition) is 5. The molecule has 1 aromatic heterocycles. The van der Waals surface area contributed by atoms with Crippen LogP contribution in [0, 0.1) is 6.92 Å². The second kappa shape index (κ2) is 11.1. The average molecular weight is 437 g/mol. The Bertz CT molecular complexity index is 1080. The van der Waals surface area contributed by atoms with Crippen molar-refractivity contribution in [2.45, 2.75) is 46.8 Å². The first-order valence-electron chi connectivity index (χ1n) is 11.0. The van der Waals surface area contributed by atoms with Gasteiger partial charge in [-0.1, -0.05) is 61.9 Å². The third-order valence-corrected chi connectivity index (χ3v) is 5.39. The standard InChI is InChI=1S/C26H32N2O4/c1-6-20-13-18(3)14-21(7-2)23(20)24-25(32-15-19-11-9-8-10-12-19)22(16-31-17-30-5)27-28(4)26(24)29/h8-14H,6-7,15-17H2,1-5H3. The topological polar surface area (TPSA) is 62.6 Å². The number of aryl methyl sites for hydroxylation is 4. The zero-order valence-corrected chi connectivity index (χ0v) is 19.6. The monoisotopic (exact) mass is 436 g/mol. The van der Waals surface area contributed by atoms with E-state index in [9.17, 15) is 4.79 Å². The van der Waals surface area contributed by atoms with Crippen LogP contribution >= 0.6 is 0 Å². The maximum Gasteiger partial charge on any atom is 0.278 e. The summed E-state index contributed by atoms with van der Waals surface area (Å²) in [6.45, 7) is 6.93. The quantitative estimate of drug-likeness (QED) is 0.344. The summed E-state index contributed by atoms with van der Waals surface area (Å²) in [6.07, 6.45) is 1.62. The van der Waals surface area contributed by atoms with Crippen molar-refractivity contribution >= 4 is 0 Å². The summed E-state index contributed by atoms with van der Waals surface area (Å²) in [7, 11) is 3.23. The minimum absolute atomic E-state index is 0.128. The van der Waals surface area contributed by atoms with Gasteiger partial charge in [0.2, 0.25) is 0 Å². The van der Waals surface area contributed by atoms with Crippen LogP contribution in [0.4, 0.5) is 0 Å². The van der Waals surface area contributed by atoms with Gasteiger partial charge in [-0.15, -0.1) is 0 Å². The second-order valence-corrected chi connectivity index (χ2v) is 7.77. The molecule has 0 spiro atoms.